The maximum absolute atomic E-state index is 12.2. The van der Waals surface area contributed by atoms with E-state index < -0.39 is 17.9 Å². The minimum Gasteiger partial charge on any atom is -0.508 e. The number of primary amides is 1. The first kappa shape index (κ1) is 24.5. The molecule has 0 aliphatic heterocycles. The minimum atomic E-state index is -0.694. The van der Waals surface area contributed by atoms with Crippen LogP contribution in [0.5, 0.6) is 5.75 Å². The number of anilines is 1. The summed E-state index contributed by atoms with van der Waals surface area (Å²) in [4.78, 5) is 16.2. The lowest BCUT2D eigenvalue weighted by molar-refractivity contribution is -0.119. The quantitative estimate of drug-likeness (QED) is 0.310. The van der Waals surface area contributed by atoms with Gasteiger partial charge in [-0.3, -0.25) is 4.79 Å². The second kappa shape index (κ2) is 11.1. The molecular formula is C25H29ClN4O3. The number of benzene rings is 2. The van der Waals surface area contributed by atoms with Crippen molar-refractivity contribution in [3.63, 3.8) is 0 Å². The van der Waals surface area contributed by atoms with Gasteiger partial charge in [0.15, 0.2) is 0 Å². The average Bonchev–Trinajstić information content (AvgIpc) is 2.75. The molecule has 174 valence electrons. The van der Waals surface area contributed by atoms with Gasteiger partial charge in [0.2, 0.25) is 5.91 Å². The average molecular weight is 469 g/mol. The zero-order valence-corrected chi connectivity index (χ0v) is 19.2. The van der Waals surface area contributed by atoms with Gasteiger partial charge in [0.25, 0.3) is 0 Å². The lowest BCUT2D eigenvalue weighted by Crippen LogP contribution is -2.32. The maximum atomic E-state index is 12.2. The number of phenols is 1. The maximum Gasteiger partial charge on any atom is 0.225 e. The Hall–Kier alpha value is -3.13. The van der Waals surface area contributed by atoms with Crippen molar-refractivity contribution in [2.75, 3.05) is 12.3 Å². The van der Waals surface area contributed by atoms with Gasteiger partial charge in [0.1, 0.15) is 11.6 Å². The summed E-state index contributed by atoms with van der Waals surface area (Å²) in [7, 11) is 0. The summed E-state index contributed by atoms with van der Waals surface area (Å²) in [5.74, 6) is -0.538. The summed E-state index contributed by atoms with van der Waals surface area (Å²) in [6.07, 6.45) is 1.91. The van der Waals surface area contributed by atoms with Crippen LogP contribution in [0.15, 0.2) is 60.8 Å². The van der Waals surface area contributed by atoms with E-state index in [1.54, 1.807) is 30.5 Å². The number of nitrogen functional groups attached to an aromatic ring is 1. The lowest BCUT2D eigenvalue weighted by atomic mass is 9.89. The molecule has 0 saturated carbocycles. The Bertz CT molecular complexity index is 1070. The zero-order valence-electron chi connectivity index (χ0n) is 18.4. The van der Waals surface area contributed by atoms with Gasteiger partial charge in [-0.25, -0.2) is 4.98 Å². The van der Waals surface area contributed by atoms with Crippen molar-refractivity contribution in [2.45, 2.75) is 37.8 Å². The third-order valence-corrected chi connectivity index (χ3v) is 5.69. The predicted molar refractivity (Wildman–Crippen MR) is 130 cm³/mol. The Kier molecular flexibility index (Phi) is 8.27. The highest BCUT2D eigenvalue weighted by Crippen LogP contribution is 2.26. The number of rotatable bonds is 10. The summed E-state index contributed by atoms with van der Waals surface area (Å²) < 4.78 is 0. The van der Waals surface area contributed by atoms with Crippen molar-refractivity contribution in [3.05, 3.63) is 88.1 Å². The minimum absolute atomic E-state index is 0.0475. The molecule has 8 heteroatoms. The number of phenolic OH excluding ortho intramolecular Hbond substituents is 1. The number of hydrogen-bond acceptors (Lipinski definition) is 6. The van der Waals surface area contributed by atoms with E-state index in [2.05, 4.69) is 10.3 Å². The second-order valence-corrected chi connectivity index (χ2v) is 8.70. The number of aliphatic hydroxyl groups is 1. The lowest BCUT2D eigenvalue weighted by Gasteiger charge is -2.19. The van der Waals surface area contributed by atoms with Crippen LogP contribution in [-0.2, 0) is 17.6 Å². The van der Waals surface area contributed by atoms with Crippen LogP contribution < -0.4 is 16.8 Å². The van der Waals surface area contributed by atoms with Gasteiger partial charge in [0, 0.05) is 29.4 Å². The highest BCUT2D eigenvalue weighted by atomic mass is 35.5. The number of carbonyl (C=O) groups is 1. The van der Waals surface area contributed by atoms with Gasteiger partial charge in [-0.1, -0.05) is 41.9 Å². The predicted octanol–water partition coefficient (Wildman–Crippen LogP) is 3.09. The van der Waals surface area contributed by atoms with E-state index in [1.807, 2.05) is 31.2 Å². The Balaban J connectivity index is 1.64. The van der Waals surface area contributed by atoms with Crippen LogP contribution in [0.4, 0.5) is 5.82 Å². The number of hydrogen-bond donors (Lipinski definition) is 5. The van der Waals surface area contributed by atoms with Crippen molar-refractivity contribution in [1.29, 1.82) is 0 Å². The molecule has 0 saturated heterocycles. The first-order valence-corrected chi connectivity index (χ1v) is 11.1. The summed E-state index contributed by atoms with van der Waals surface area (Å²) in [5.41, 5.74) is 14.6. The van der Waals surface area contributed by atoms with Crippen LogP contribution in [-0.4, -0.2) is 33.7 Å². The van der Waals surface area contributed by atoms with Crippen LogP contribution in [0.2, 0.25) is 5.02 Å². The zero-order chi connectivity index (χ0) is 24.0. The number of pyridine rings is 1. The van der Waals surface area contributed by atoms with Gasteiger partial charge in [-0.2, -0.15) is 0 Å². The fourth-order valence-electron chi connectivity index (χ4n) is 3.78. The smallest absolute Gasteiger partial charge is 0.225 e. The molecule has 1 aromatic heterocycles. The van der Waals surface area contributed by atoms with Crippen molar-refractivity contribution in [3.8, 4) is 5.75 Å². The largest absolute Gasteiger partial charge is 0.508 e. The highest BCUT2D eigenvalue weighted by molar-refractivity contribution is 6.30. The molecule has 1 amide bonds. The first-order valence-electron chi connectivity index (χ1n) is 10.7. The molecule has 0 aliphatic carbocycles. The van der Waals surface area contributed by atoms with E-state index >= 15 is 0 Å². The van der Waals surface area contributed by atoms with Gasteiger partial charge in [-0.05, 0) is 60.7 Å². The van der Waals surface area contributed by atoms with Crippen LogP contribution in [0, 0.1) is 0 Å². The number of aliphatic hydroxyl groups excluding tert-OH is 1. The molecule has 33 heavy (non-hydrogen) atoms. The Labute approximate surface area is 198 Å². The van der Waals surface area contributed by atoms with E-state index in [0.29, 0.717) is 35.8 Å². The Morgan fingerprint density at radius 1 is 1.09 bits per heavy atom. The van der Waals surface area contributed by atoms with E-state index in [0.717, 1.165) is 16.7 Å². The molecule has 2 aromatic carbocycles. The molecule has 1 heterocycles. The van der Waals surface area contributed by atoms with E-state index in [4.69, 9.17) is 23.1 Å². The molecule has 3 atom stereocenters. The number of amides is 1. The van der Waals surface area contributed by atoms with Crippen LogP contribution >= 0.6 is 11.6 Å². The molecule has 7 N–H and O–H groups in total. The molecular weight excluding hydrogens is 440 g/mol. The van der Waals surface area contributed by atoms with E-state index in [9.17, 15) is 15.0 Å². The highest BCUT2D eigenvalue weighted by Gasteiger charge is 2.20. The number of aromatic nitrogens is 1. The third kappa shape index (κ3) is 7.18. The number of halogens is 1. The molecule has 0 radical (unpaired) electrons. The molecule has 3 aromatic rings. The Morgan fingerprint density at radius 3 is 2.55 bits per heavy atom. The molecule has 0 fully saturated rings. The van der Waals surface area contributed by atoms with E-state index in [-0.39, 0.29) is 11.8 Å². The summed E-state index contributed by atoms with van der Waals surface area (Å²) in [6, 6.07) is 16.0. The number of nitrogens with two attached hydrogens (primary N) is 2. The van der Waals surface area contributed by atoms with Gasteiger partial charge < -0.3 is 27.0 Å². The Morgan fingerprint density at radius 2 is 1.88 bits per heavy atom. The molecule has 0 bridgehead atoms. The van der Waals surface area contributed by atoms with Crippen LogP contribution in [0.1, 0.15) is 41.2 Å². The number of nitrogens with one attached hydrogen (secondary N) is 1. The van der Waals surface area contributed by atoms with E-state index in [1.165, 1.54) is 6.07 Å². The van der Waals surface area contributed by atoms with Crippen molar-refractivity contribution in [2.24, 2.45) is 5.73 Å². The molecule has 7 nitrogen and oxygen atoms in total. The molecule has 0 aliphatic rings. The fraction of sp³-hybridized carbons (Fsp3) is 0.280. The van der Waals surface area contributed by atoms with Crippen molar-refractivity contribution in [1.82, 2.24) is 10.3 Å². The monoisotopic (exact) mass is 468 g/mol. The molecule has 0 spiro atoms. The number of aromatic hydroxyl groups is 1. The number of nitrogens with zero attached hydrogens (tertiary/aromatic N) is 1. The topological polar surface area (TPSA) is 134 Å². The van der Waals surface area contributed by atoms with Crippen molar-refractivity contribution >= 4 is 23.3 Å². The van der Waals surface area contributed by atoms with Crippen molar-refractivity contribution < 1.29 is 15.0 Å². The first-order chi connectivity index (χ1) is 15.7. The summed E-state index contributed by atoms with van der Waals surface area (Å²) in [5, 5.41) is 23.9. The van der Waals surface area contributed by atoms with Gasteiger partial charge in [0.05, 0.1) is 12.0 Å². The standard InChI is InChI=1S/C25H29ClN4O3/c1-15(29-14-23(32)19-5-6-24(27)30-13-19)7-16-3-2-4-18(8-16)22(25(28)33)11-17-9-20(26)12-21(31)10-17/h2-6,8-10,12-13,15,22-23,29,31-32H,7,11,14H2,1H3,(H2,27,30)(H2,28,33)/t15-,22?,23-/m1/s1. The second-order valence-electron chi connectivity index (χ2n) is 8.27. The summed E-state index contributed by atoms with van der Waals surface area (Å²) in [6.45, 7) is 2.40. The molecule has 1 unspecified atom stereocenters. The fourth-order valence-corrected chi connectivity index (χ4v) is 4.03. The SMILES string of the molecule is C[C@H](Cc1cccc(C(Cc2cc(O)cc(Cl)c2)C(N)=O)c1)NC[C@@H](O)c1ccc(N)nc1. The van der Waals surface area contributed by atoms with Crippen LogP contribution in [0.25, 0.3) is 0 Å². The normalized spacial score (nSPS) is 13.9. The van der Waals surface area contributed by atoms with Gasteiger partial charge in [-0.15, -0.1) is 0 Å². The van der Waals surface area contributed by atoms with Crippen LogP contribution in [0.3, 0.4) is 0 Å². The number of carbonyl (C=O) groups excluding carboxylic acids is 1. The summed E-state index contributed by atoms with van der Waals surface area (Å²) >= 11 is 6.03. The third-order valence-electron chi connectivity index (χ3n) is 5.47. The van der Waals surface area contributed by atoms with Gasteiger partial charge >= 0.3 is 0 Å². The molecule has 3 rings (SSSR count).